The van der Waals surface area contributed by atoms with Crippen LogP contribution in [0.2, 0.25) is 0 Å². The zero-order chi connectivity index (χ0) is 17.2. The largest absolute Gasteiger partial charge is 0.314 e. The van der Waals surface area contributed by atoms with Gasteiger partial charge in [0.05, 0.1) is 10.7 Å². The third-order valence-corrected chi connectivity index (χ3v) is 6.50. The Bertz CT molecular complexity index is 686. The van der Waals surface area contributed by atoms with Gasteiger partial charge < -0.3 is 5.32 Å². The van der Waals surface area contributed by atoms with Gasteiger partial charge in [0.25, 0.3) is 5.69 Å². The van der Waals surface area contributed by atoms with Gasteiger partial charge in [-0.05, 0) is 12.0 Å². The molecular formula is C15H22N4O4S. The average molecular weight is 354 g/mol. The molecule has 1 aromatic rings. The maximum atomic E-state index is 12.6. The van der Waals surface area contributed by atoms with Crippen LogP contribution < -0.4 is 5.32 Å². The molecule has 2 aliphatic heterocycles. The molecule has 2 aliphatic rings. The summed E-state index contributed by atoms with van der Waals surface area (Å²) in [5.41, 5.74) is 0.544. The minimum absolute atomic E-state index is 0.0314. The lowest BCUT2D eigenvalue weighted by molar-refractivity contribution is -0.384. The van der Waals surface area contributed by atoms with Crippen molar-refractivity contribution < 1.29 is 13.3 Å². The molecule has 2 heterocycles. The van der Waals surface area contributed by atoms with Gasteiger partial charge in [-0.3, -0.25) is 15.0 Å². The molecule has 0 spiro atoms. The number of hydrogen-bond donors (Lipinski definition) is 1. The standard InChI is InChI=1S/C15H22N4O4S/c20-19(21)14-3-1-13(2-4-14)12-24(22,23)18-8-5-15(11-18)17-9-6-16-7-10-17/h1-4,15-16H,5-12H2. The van der Waals surface area contributed by atoms with Crippen LogP contribution >= 0.6 is 0 Å². The Kier molecular flexibility index (Phi) is 5.14. The predicted molar refractivity (Wildman–Crippen MR) is 90.1 cm³/mol. The summed E-state index contributed by atoms with van der Waals surface area (Å²) in [5, 5.41) is 14.0. The number of hydrogen-bond acceptors (Lipinski definition) is 6. The molecule has 3 rings (SSSR count). The summed E-state index contributed by atoms with van der Waals surface area (Å²) in [6.45, 7) is 4.90. The van der Waals surface area contributed by atoms with E-state index in [1.807, 2.05) is 0 Å². The van der Waals surface area contributed by atoms with Crippen LogP contribution in [-0.4, -0.2) is 67.9 Å². The Hall–Kier alpha value is -1.55. The minimum Gasteiger partial charge on any atom is -0.314 e. The van der Waals surface area contributed by atoms with E-state index in [2.05, 4.69) is 10.2 Å². The maximum Gasteiger partial charge on any atom is 0.269 e. The lowest BCUT2D eigenvalue weighted by Gasteiger charge is -2.32. The number of non-ortho nitro benzene ring substituents is 1. The fourth-order valence-corrected chi connectivity index (χ4v) is 4.90. The molecule has 0 aromatic heterocycles. The number of sulfonamides is 1. The maximum absolute atomic E-state index is 12.6. The molecule has 1 N–H and O–H groups in total. The van der Waals surface area contributed by atoms with Gasteiger partial charge in [-0.15, -0.1) is 0 Å². The zero-order valence-electron chi connectivity index (χ0n) is 13.4. The van der Waals surface area contributed by atoms with Gasteiger partial charge in [-0.2, -0.15) is 0 Å². The summed E-state index contributed by atoms with van der Waals surface area (Å²) in [6.07, 6.45) is 0.861. The van der Waals surface area contributed by atoms with E-state index in [9.17, 15) is 18.5 Å². The molecule has 1 atom stereocenters. The lowest BCUT2D eigenvalue weighted by atomic mass is 10.2. The Balaban J connectivity index is 1.62. The van der Waals surface area contributed by atoms with E-state index in [1.165, 1.54) is 24.3 Å². The number of nitro benzene ring substituents is 1. The van der Waals surface area contributed by atoms with E-state index in [-0.39, 0.29) is 11.4 Å². The highest BCUT2D eigenvalue weighted by Crippen LogP contribution is 2.22. The van der Waals surface area contributed by atoms with Crippen LogP contribution in [0.25, 0.3) is 0 Å². The van der Waals surface area contributed by atoms with Crippen molar-refractivity contribution in [3.63, 3.8) is 0 Å². The van der Waals surface area contributed by atoms with Crippen LogP contribution in [0, 0.1) is 10.1 Å². The second-order valence-corrected chi connectivity index (χ2v) is 8.24. The quantitative estimate of drug-likeness (QED) is 0.608. The highest BCUT2D eigenvalue weighted by Gasteiger charge is 2.34. The summed E-state index contributed by atoms with van der Waals surface area (Å²) in [5.74, 6) is -0.112. The number of rotatable bonds is 5. The Morgan fingerprint density at radius 1 is 1.17 bits per heavy atom. The van der Waals surface area contributed by atoms with Gasteiger partial charge in [0.2, 0.25) is 10.0 Å². The molecule has 1 aromatic carbocycles. The van der Waals surface area contributed by atoms with Crippen molar-refractivity contribution in [3.8, 4) is 0 Å². The number of nitro groups is 1. The zero-order valence-corrected chi connectivity index (χ0v) is 14.2. The first kappa shape index (κ1) is 17.3. The van der Waals surface area contributed by atoms with Crippen LogP contribution in [0.3, 0.4) is 0 Å². The summed E-state index contributed by atoms with van der Waals surface area (Å²) < 4.78 is 26.8. The summed E-state index contributed by atoms with van der Waals surface area (Å²) in [7, 11) is -3.40. The lowest BCUT2D eigenvalue weighted by Crippen LogP contribution is -2.49. The first-order valence-corrected chi connectivity index (χ1v) is 9.72. The molecule has 2 saturated heterocycles. The number of nitrogens with one attached hydrogen (secondary N) is 1. The first-order chi connectivity index (χ1) is 11.5. The molecule has 0 saturated carbocycles. The minimum atomic E-state index is -3.40. The van der Waals surface area contributed by atoms with Gasteiger partial charge in [-0.1, -0.05) is 12.1 Å². The molecule has 2 fully saturated rings. The summed E-state index contributed by atoms with van der Waals surface area (Å²) in [6, 6.07) is 6.01. The van der Waals surface area contributed by atoms with Crippen molar-refractivity contribution in [2.45, 2.75) is 18.2 Å². The van der Waals surface area contributed by atoms with E-state index >= 15 is 0 Å². The van der Waals surface area contributed by atoms with Gasteiger partial charge >= 0.3 is 0 Å². The van der Waals surface area contributed by atoms with Crippen molar-refractivity contribution in [1.82, 2.24) is 14.5 Å². The third-order valence-electron chi connectivity index (χ3n) is 4.68. The van der Waals surface area contributed by atoms with Crippen molar-refractivity contribution in [2.24, 2.45) is 0 Å². The van der Waals surface area contributed by atoms with E-state index < -0.39 is 14.9 Å². The molecule has 8 nitrogen and oxygen atoms in total. The summed E-state index contributed by atoms with van der Waals surface area (Å²) in [4.78, 5) is 12.5. The molecule has 0 amide bonds. The van der Waals surface area contributed by atoms with Crippen molar-refractivity contribution in [1.29, 1.82) is 0 Å². The van der Waals surface area contributed by atoms with E-state index in [0.717, 1.165) is 32.6 Å². The topological polar surface area (TPSA) is 95.8 Å². The van der Waals surface area contributed by atoms with Crippen LogP contribution in [0.1, 0.15) is 12.0 Å². The molecule has 132 valence electrons. The smallest absolute Gasteiger partial charge is 0.269 e. The molecule has 0 radical (unpaired) electrons. The van der Waals surface area contributed by atoms with Gasteiger partial charge in [-0.25, -0.2) is 12.7 Å². The molecule has 24 heavy (non-hydrogen) atoms. The number of benzene rings is 1. The van der Waals surface area contributed by atoms with Crippen molar-refractivity contribution in [2.75, 3.05) is 39.3 Å². The Morgan fingerprint density at radius 2 is 1.83 bits per heavy atom. The van der Waals surface area contributed by atoms with Gasteiger partial charge in [0.15, 0.2) is 0 Å². The Labute approximate surface area is 141 Å². The van der Waals surface area contributed by atoms with Gasteiger partial charge in [0, 0.05) is 57.4 Å². The van der Waals surface area contributed by atoms with Crippen molar-refractivity contribution in [3.05, 3.63) is 39.9 Å². The highest BCUT2D eigenvalue weighted by atomic mass is 32.2. The normalized spacial score (nSPS) is 23.4. The van der Waals surface area contributed by atoms with E-state index in [4.69, 9.17) is 0 Å². The Morgan fingerprint density at radius 3 is 2.46 bits per heavy atom. The SMILES string of the molecule is O=[N+]([O-])c1ccc(CS(=O)(=O)N2CCC(N3CCNCC3)C2)cc1. The van der Waals surface area contributed by atoms with Gasteiger partial charge in [0.1, 0.15) is 0 Å². The van der Waals surface area contributed by atoms with E-state index in [1.54, 1.807) is 4.31 Å². The molecule has 1 unspecified atom stereocenters. The highest BCUT2D eigenvalue weighted by molar-refractivity contribution is 7.88. The second-order valence-electron chi connectivity index (χ2n) is 6.27. The van der Waals surface area contributed by atoms with Crippen LogP contribution in [-0.2, 0) is 15.8 Å². The predicted octanol–water partition coefficient (Wildman–Crippen LogP) is 0.404. The van der Waals surface area contributed by atoms with Crippen LogP contribution in [0.5, 0.6) is 0 Å². The first-order valence-electron chi connectivity index (χ1n) is 8.11. The van der Waals surface area contributed by atoms with E-state index in [0.29, 0.717) is 24.7 Å². The average Bonchev–Trinajstić information content (AvgIpc) is 3.07. The monoisotopic (exact) mass is 354 g/mol. The fourth-order valence-electron chi connectivity index (χ4n) is 3.32. The third kappa shape index (κ3) is 3.92. The van der Waals surface area contributed by atoms with Crippen molar-refractivity contribution >= 4 is 15.7 Å². The van der Waals surface area contributed by atoms with Crippen LogP contribution in [0.4, 0.5) is 5.69 Å². The molecular weight excluding hydrogens is 332 g/mol. The molecule has 9 heteroatoms. The number of piperazine rings is 1. The molecule has 0 aliphatic carbocycles. The molecule has 0 bridgehead atoms. The second kappa shape index (κ2) is 7.14. The summed E-state index contributed by atoms with van der Waals surface area (Å²) >= 11 is 0. The van der Waals surface area contributed by atoms with Crippen LogP contribution in [0.15, 0.2) is 24.3 Å². The fraction of sp³-hybridized carbons (Fsp3) is 0.600. The number of nitrogens with zero attached hydrogens (tertiary/aromatic N) is 3.